The van der Waals surface area contributed by atoms with Crippen molar-refractivity contribution in [2.45, 2.75) is 19.0 Å². The number of hydrogen-bond acceptors (Lipinski definition) is 3. The van der Waals surface area contributed by atoms with Gasteiger partial charge in [-0.2, -0.15) is 0 Å². The lowest BCUT2D eigenvalue weighted by atomic mass is 10.0. The lowest BCUT2D eigenvalue weighted by molar-refractivity contribution is -0.121. The van der Waals surface area contributed by atoms with E-state index in [-0.39, 0.29) is 18.4 Å². The normalized spacial score (nSPS) is 12.1. The third-order valence-electron chi connectivity index (χ3n) is 2.72. The van der Waals surface area contributed by atoms with Gasteiger partial charge in [-0.15, -0.1) is 11.3 Å². The number of nitrogens with two attached hydrogens (primary N) is 1. The van der Waals surface area contributed by atoms with E-state index < -0.39 is 0 Å². The van der Waals surface area contributed by atoms with Crippen LogP contribution in [0.15, 0.2) is 42.5 Å². The van der Waals surface area contributed by atoms with E-state index in [9.17, 15) is 4.79 Å². The lowest BCUT2D eigenvalue weighted by Crippen LogP contribution is -2.26. The fourth-order valence-electron chi connectivity index (χ4n) is 1.72. The molecule has 0 saturated carbocycles. The number of carbonyl (C=O) groups excluding carboxylic acids is 1. The van der Waals surface area contributed by atoms with E-state index in [1.165, 1.54) is 11.3 Å². The second kappa shape index (κ2) is 6.70. The summed E-state index contributed by atoms with van der Waals surface area (Å²) in [5.74, 6) is -0.0547. The Morgan fingerprint density at radius 1 is 1.26 bits per heavy atom. The molecule has 1 aromatic heterocycles. The van der Waals surface area contributed by atoms with Gasteiger partial charge in [0.1, 0.15) is 0 Å². The third kappa shape index (κ3) is 4.35. The highest BCUT2D eigenvalue weighted by atomic mass is 35.5. The van der Waals surface area contributed by atoms with Gasteiger partial charge in [0.2, 0.25) is 5.91 Å². The van der Waals surface area contributed by atoms with Crippen LogP contribution in [0.5, 0.6) is 0 Å². The summed E-state index contributed by atoms with van der Waals surface area (Å²) in [7, 11) is 0. The van der Waals surface area contributed by atoms with Gasteiger partial charge in [0.15, 0.2) is 0 Å². The molecule has 0 aliphatic carbocycles. The van der Waals surface area contributed by atoms with Crippen LogP contribution in [0.25, 0.3) is 0 Å². The molecule has 0 fully saturated rings. The van der Waals surface area contributed by atoms with Crippen molar-refractivity contribution in [2.24, 2.45) is 5.73 Å². The van der Waals surface area contributed by atoms with Crippen molar-refractivity contribution < 1.29 is 4.79 Å². The molecule has 0 radical (unpaired) electrons. The van der Waals surface area contributed by atoms with E-state index in [0.29, 0.717) is 6.54 Å². The average Bonchev–Trinajstić information content (AvgIpc) is 2.83. The number of thiophene rings is 1. The van der Waals surface area contributed by atoms with E-state index >= 15 is 0 Å². The second-order valence-electron chi connectivity index (χ2n) is 4.20. The number of rotatable bonds is 5. The summed E-state index contributed by atoms with van der Waals surface area (Å²) < 4.78 is 0.727. The molecular formula is C14H15ClN2OS. The van der Waals surface area contributed by atoms with Crippen LogP contribution < -0.4 is 11.1 Å². The molecule has 3 nitrogen and oxygen atoms in total. The Balaban J connectivity index is 1.81. The Morgan fingerprint density at radius 3 is 2.63 bits per heavy atom. The number of nitrogens with one attached hydrogen (secondary N) is 1. The van der Waals surface area contributed by atoms with E-state index in [1.807, 2.05) is 42.5 Å². The standard InChI is InChI=1S/C14H15ClN2OS/c15-13-7-6-11(19-13)9-17-14(18)8-12(16)10-4-2-1-3-5-10/h1-7,12H,8-9,16H2,(H,17,18). The van der Waals surface area contributed by atoms with Crippen molar-refractivity contribution in [1.82, 2.24) is 5.32 Å². The molecule has 3 N–H and O–H groups in total. The predicted molar refractivity (Wildman–Crippen MR) is 79.2 cm³/mol. The number of halogens is 1. The van der Waals surface area contributed by atoms with Crippen molar-refractivity contribution in [1.29, 1.82) is 0 Å². The van der Waals surface area contributed by atoms with Crippen molar-refractivity contribution in [2.75, 3.05) is 0 Å². The van der Waals surface area contributed by atoms with Gasteiger partial charge in [0.05, 0.1) is 10.9 Å². The number of carbonyl (C=O) groups is 1. The Labute approximate surface area is 121 Å². The highest BCUT2D eigenvalue weighted by Crippen LogP contribution is 2.21. The summed E-state index contributed by atoms with van der Waals surface area (Å²) in [4.78, 5) is 12.8. The van der Waals surface area contributed by atoms with Crippen molar-refractivity contribution in [3.8, 4) is 0 Å². The molecule has 1 unspecified atom stereocenters. The highest BCUT2D eigenvalue weighted by molar-refractivity contribution is 7.16. The third-order valence-corrected chi connectivity index (χ3v) is 3.95. The zero-order chi connectivity index (χ0) is 13.7. The van der Waals surface area contributed by atoms with E-state index in [2.05, 4.69) is 5.32 Å². The first-order chi connectivity index (χ1) is 9.15. The molecule has 0 aliphatic rings. The largest absolute Gasteiger partial charge is 0.351 e. The van der Waals surface area contributed by atoms with Crippen molar-refractivity contribution >= 4 is 28.8 Å². The zero-order valence-corrected chi connectivity index (χ0v) is 11.9. The van der Waals surface area contributed by atoms with Crippen LogP contribution in [0.3, 0.4) is 0 Å². The van der Waals surface area contributed by atoms with Gasteiger partial charge >= 0.3 is 0 Å². The minimum Gasteiger partial charge on any atom is -0.351 e. The average molecular weight is 295 g/mol. The smallest absolute Gasteiger partial charge is 0.222 e. The first-order valence-corrected chi connectivity index (χ1v) is 7.16. The van der Waals surface area contributed by atoms with Crippen LogP contribution in [0.4, 0.5) is 0 Å². The number of amides is 1. The second-order valence-corrected chi connectivity index (χ2v) is 6.00. The molecule has 2 rings (SSSR count). The van der Waals surface area contributed by atoms with Gasteiger partial charge in [0.25, 0.3) is 0 Å². The molecule has 0 aliphatic heterocycles. The maximum absolute atomic E-state index is 11.8. The van der Waals surface area contributed by atoms with Crippen LogP contribution in [0.1, 0.15) is 22.9 Å². The fourth-order valence-corrected chi connectivity index (χ4v) is 2.75. The lowest BCUT2D eigenvalue weighted by Gasteiger charge is -2.11. The topological polar surface area (TPSA) is 55.1 Å². The fraction of sp³-hybridized carbons (Fsp3) is 0.214. The van der Waals surface area contributed by atoms with Gasteiger partial charge in [-0.1, -0.05) is 41.9 Å². The minimum absolute atomic E-state index is 0.0547. The SMILES string of the molecule is NC(CC(=O)NCc1ccc(Cl)s1)c1ccccc1. The quantitative estimate of drug-likeness (QED) is 0.890. The maximum Gasteiger partial charge on any atom is 0.222 e. The summed E-state index contributed by atoms with van der Waals surface area (Å²) in [6.07, 6.45) is 0.281. The Bertz CT molecular complexity index is 541. The predicted octanol–water partition coefficient (Wildman–Crippen LogP) is 3.11. The van der Waals surface area contributed by atoms with E-state index in [4.69, 9.17) is 17.3 Å². The molecule has 1 amide bonds. The summed E-state index contributed by atoms with van der Waals surface area (Å²) in [5.41, 5.74) is 6.96. The molecule has 1 aromatic carbocycles. The Kier molecular flexibility index (Phi) is 4.96. The van der Waals surface area contributed by atoms with Crippen LogP contribution in [0, 0.1) is 0 Å². The molecule has 0 spiro atoms. The van der Waals surface area contributed by atoms with Gasteiger partial charge in [-0.25, -0.2) is 0 Å². The molecule has 0 bridgehead atoms. The number of benzene rings is 1. The molecule has 1 heterocycles. The van der Waals surface area contributed by atoms with Gasteiger partial charge in [-0.3, -0.25) is 4.79 Å². The van der Waals surface area contributed by atoms with E-state index in [0.717, 1.165) is 14.8 Å². The molecule has 5 heteroatoms. The van der Waals surface area contributed by atoms with E-state index in [1.54, 1.807) is 0 Å². The Hall–Kier alpha value is -1.36. The molecule has 19 heavy (non-hydrogen) atoms. The van der Waals surface area contributed by atoms with Crippen LogP contribution >= 0.6 is 22.9 Å². The van der Waals surface area contributed by atoms with Crippen molar-refractivity contribution in [3.63, 3.8) is 0 Å². The van der Waals surface area contributed by atoms with Crippen LogP contribution in [0.2, 0.25) is 4.34 Å². The minimum atomic E-state index is -0.270. The molecule has 1 atom stereocenters. The van der Waals surface area contributed by atoms with Gasteiger partial charge < -0.3 is 11.1 Å². The summed E-state index contributed by atoms with van der Waals surface area (Å²) >= 11 is 7.29. The molecule has 100 valence electrons. The summed E-state index contributed by atoms with van der Waals surface area (Å²) in [5, 5.41) is 2.85. The molecule has 0 saturated heterocycles. The maximum atomic E-state index is 11.8. The number of hydrogen-bond donors (Lipinski definition) is 2. The highest BCUT2D eigenvalue weighted by Gasteiger charge is 2.11. The van der Waals surface area contributed by atoms with Gasteiger partial charge in [0, 0.05) is 17.3 Å². The summed E-state index contributed by atoms with van der Waals surface area (Å²) in [6, 6.07) is 13.1. The first kappa shape index (κ1) is 14.1. The Morgan fingerprint density at radius 2 is 2.00 bits per heavy atom. The zero-order valence-electron chi connectivity index (χ0n) is 10.3. The first-order valence-electron chi connectivity index (χ1n) is 5.96. The van der Waals surface area contributed by atoms with Gasteiger partial charge in [-0.05, 0) is 17.7 Å². The summed E-state index contributed by atoms with van der Waals surface area (Å²) in [6.45, 7) is 0.498. The van der Waals surface area contributed by atoms with Crippen LogP contribution in [-0.4, -0.2) is 5.91 Å². The molecule has 2 aromatic rings. The van der Waals surface area contributed by atoms with Crippen molar-refractivity contribution in [3.05, 3.63) is 57.2 Å². The van der Waals surface area contributed by atoms with Crippen LogP contribution in [-0.2, 0) is 11.3 Å². The monoisotopic (exact) mass is 294 g/mol. The molecular weight excluding hydrogens is 280 g/mol.